The fraction of sp³-hybridized carbons (Fsp3) is 0.515. The predicted molar refractivity (Wildman–Crippen MR) is 175 cm³/mol. The second-order valence-corrected chi connectivity index (χ2v) is 17.8. The van der Waals surface area contributed by atoms with Gasteiger partial charge < -0.3 is 30.1 Å². The molecule has 3 N–H and O–H groups in total. The Morgan fingerprint density at radius 1 is 1.24 bits per heavy atom. The van der Waals surface area contributed by atoms with E-state index in [2.05, 4.69) is 53.1 Å². The summed E-state index contributed by atoms with van der Waals surface area (Å²) in [4.78, 5) is 29.1. The minimum absolute atomic E-state index is 0.0167. The Hall–Kier alpha value is -3.58. The molecule has 2 aromatic carbocycles. The third-order valence-electron chi connectivity index (χ3n) is 10.2. The van der Waals surface area contributed by atoms with Crippen LogP contribution in [0.15, 0.2) is 48.7 Å². The molecule has 240 valence electrons. The fourth-order valence-corrected chi connectivity index (χ4v) is 11.9. The maximum Gasteiger partial charge on any atom is 0.264 e. The summed E-state index contributed by atoms with van der Waals surface area (Å²) in [5.41, 5.74) is 1.90. The molecule has 0 bridgehead atoms. The molecule has 4 heterocycles. The molecule has 6 rings (SSSR count). The van der Waals surface area contributed by atoms with Crippen molar-refractivity contribution in [2.45, 2.75) is 75.5 Å². The maximum atomic E-state index is 14.4. The lowest BCUT2D eigenvalue weighted by molar-refractivity contribution is -0.145. The molecule has 0 unspecified atom stereocenters. The zero-order valence-corrected chi connectivity index (χ0v) is 27.7. The molecule has 11 nitrogen and oxygen atoms in total. The van der Waals surface area contributed by atoms with E-state index in [1.54, 1.807) is 23.7 Å². The van der Waals surface area contributed by atoms with Gasteiger partial charge in [-0.1, -0.05) is 42.6 Å². The number of nitrogens with zero attached hydrogens (tertiary/aromatic N) is 4. The molecule has 3 aliphatic rings. The van der Waals surface area contributed by atoms with Crippen LogP contribution in [0.25, 0.3) is 0 Å². The first-order valence-corrected chi connectivity index (χ1v) is 19.0. The molecule has 2 amide bonds. The molecule has 0 radical (unpaired) electrons. The highest BCUT2D eigenvalue weighted by Crippen LogP contribution is 2.60. The molecule has 2 fully saturated rings. The summed E-state index contributed by atoms with van der Waals surface area (Å²) in [6, 6.07) is 13.8. The Kier molecular flexibility index (Phi) is 8.59. The summed E-state index contributed by atoms with van der Waals surface area (Å²) in [5.74, 6) is 0.521. The summed E-state index contributed by atoms with van der Waals surface area (Å²) >= 11 is 0. The molecular formula is C33H44N6O5Si. The van der Waals surface area contributed by atoms with Crippen LogP contribution in [0.5, 0.6) is 5.75 Å². The average Bonchev–Trinajstić information content (AvgIpc) is 3.82. The van der Waals surface area contributed by atoms with Gasteiger partial charge in [-0.2, -0.15) is 0 Å². The van der Waals surface area contributed by atoms with Gasteiger partial charge in [-0.15, -0.1) is 5.10 Å². The highest BCUT2D eigenvalue weighted by molar-refractivity contribution is 6.91. The van der Waals surface area contributed by atoms with Gasteiger partial charge in [0.25, 0.3) is 5.91 Å². The van der Waals surface area contributed by atoms with Crippen LogP contribution in [-0.4, -0.2) is 79.4 Å². The molecule has 3 aliphatic heterocycles. The summed E-state index contributed by atoms with van der Waals surface area (Å²) in [6.45, 7) is 8.29. The normalized spacial score (nSPS) is 26.1. The number of fused-ring (bicyclic) bond motifs is 2. The van der Waals surface area contributed by atoms with Crippen LogP contribution in [0.4, 0.5) is 11.4 Å². The lowest BCUT2D eigenvalue weighted by Crippen LogP contribution is -2.51. The van der Waals surface area contributed by atoms with Crippen molar-refractivity contribution in [3.63, 3.8) is 0 Å². The van der Waals surface area contributed by atoms with Crippen molar-refractivity contribution in [1.29, 1.82) is 0 Å². The fourth-order valence-electron chi connectivity index (χ4n) is 7.84. The van der Waals surface area contributed by atoms with Gasteiger partial charge in [0, 0.05) is 50.0 Å². The van der Waals surface area contributed by atoms with E-state index >= 15 is 0 Å². The van der Waals surface area contributed by atoms with Gasteiger partial charge in [-0.3, -0.25) is 14.3 Å². The SMILES string of the molecule is COc1ccc([Si](C)(C)[C@H]2[C@H](CCn3cc(CCO)nn3)O[C@@]3(C(=O)N(C)c4ccc(NC(=O)[C@H]5CCCN5)cc43)[C@@H]2C)cc1. The predicted octanol–water partition coefficient (Wildman–Crippen LogP) is 2.79. The van der Waals surface area contributed by atoms with Gasteiger partial charge in [-0.25, -0.2) is 0 Å². The van der Waals surface area contributed by atoms with Gasteiger partial charge in [0.1, 0.15) is 5.75 Å². The first-order valence-electron chi connectivity index (χ1n) is 15.9. The Labute approximate surface area is 265 Å². The van der Waals surface area contributed by atoms with E-state index in [0.29, 0.717) is 25.1 Å². The molecule has 12 heteroatoms. The van der Waals surface area contributed by atoms with Crippen molar-refractivity contribution in [2.75, 3.05) is 37.5 Å². The lowest BCUT2D eigenvalue weighted by atomic mass is 9.82. The number of aliphatic hydroxyl groups is 1. The van der Waals surface area contributed by atoms with Crippen molar-refractivity contribution in [3.05, 3.63) is 59.9 Å². The smallest absolute Gasteiger partial charge is 0.264 e. The zero-order valence-electron chi connectivity index (χ0n) is 26.7. The van der Waals surface area contributed by atoms with Crippen molar-refractivity contribution in [1.82, 2.24) is 20.3 Å². The number of benzene rings is 2. The Morgan fingerprint density at radius 3 is 2.71 bits per heavy atom. The van der Waals surface area contributed by atoms with Gasteiger partial charge in [0.2, 0.25) is 5.91 Å². The number of carbonyl (C=O) groups is 2. The number of amides is 2. The molecule has 0 aliphatic carbocycles. The quantitative estimate of drug-likeness (QED) is 0.291. The number of ether oxygens (including phenoxy) is 2. The van der Waals surface area contributed by atoms with Crippen molar-refractivity contribution >= 4 is 36.4 Å². The standard InChI is InChI=1S/C33H44N6O5Si/c1-21-30(45(4,5)25-11-9-24(43-3)10-12-25)29(14-17-39-20-23(15-18-40)36-37-39)44-33(21)26-19-22(8-13-28(26)38(2)32(33)42)35-31(41)27-7-6-16-34-27/h8-13,19-21,27,29-30,34,40H,6-7,14-18H2,1-5H3,(H,35,41)/t21-,27-,29+,30-,33+/m1/s1. The van der Waals surface area contributed by atoms with Crippen LogP contribution in [0.3, 0.4) is 0 Å². The molecule has 5 atom stereocenters. The largest absolute Gasteiger partial charge is 0.497 e. The van der Waals surface area contributed by atoms with Gasteiger partial charge >= 0.3 is 0 Å². The lowest BCUT2D eigenvalue weighted by Gasteiger charge is -2.37. The first kappa shape index (κ1) is 31.4. The van der Waals surface area contributed by atoms with Gasteiger partial charge in [0.05, 0.1) is 38.7 Å². The number of aromatic nitrogens is 3. The number of anilines is 2. The minimum Gasteiger partial charge on any atom is -0.497 e. The van der Waals surface area contributed by atoms with Crippen LogP contribution >= 0.6 is 0 Å². The number of aryl methyl sites for hydroxylation is 1. The van der Waals surface area contributed by atoms with Gasteiger partial charge in [0.15, 0.2) is 5.60 Å². The summed E-state index contributed by atoms with van der Waals surface area (Å²) in [6.07, 6.45) is 4.50. The molecule has 1 aromatic heterocycles. The van der Waals surface area contributed by atoms with Crippen molar-refractivity contribution in [2.24, 2.45) is 5.92 Å². The zero-order chi connectivity index (χ0) is 31.9. The average molecular weight is 633 g/mol. The summed E-state index contributed by atoms with van der Waals surface area (Å²) in [7, 11) is 1.19. The van der Waals surface area contributed by atoms with Crippen LogP contribution < -0.4 is 25.5 Å². The number of aliphatic hydroxyl groups excluding tert-OH is 1. The molecule has 45 heavy (non-hydrogen) atoms. The third-order valence-corrected chi connectivity index (χ3v) is 14.6. The Balaban J connectivity index is 1.37. The van der Waals surface area contributed by atoms with E-state index in [1.807, 2.05) is 36.5 Å². The van der Waals surface area contributed by atoms with Crippen molar-refractivity contribution < 1.29 is 24.2 Å². The van der Waals surface area contributed by atoms with E-state index in [-0.39, 0.29) is 42.0 Å². The van der Waals surface area contributed by atoms with E-state index in [1.165, 1.54) is 5.19 Å². The van der Waals surface area contributed by atoms with Crippen LogP contribution in [0, 0.1) is 5.92 Å². The Morgan fingerprint density at radius 2 is 2.02 bits per heavy atom. The minimum atomic E-state index is -2.29. The first-order chi connectivity index (χ1) is 21.6. The third kappa shape index (κ3) is 5.47. The highest BCUT2D eigenvalue weighted by Gasteiger charge is 2.65. The number of likely N-dealkylation sites (N-methyl/N-ethyl adjacent to an activating group) is 1. The number of methoxy groups -OCH3 is 1. The molecular weight excluding hydrogens is 588 g/mol. The second-order valence-electron chi connectivity index (χ2n) is 13.1. The molecule has 1 spiro atoms. The highest BCUT2D eigenvalue weighted by atomic mass is 28.3. The van der Waals surface area contributed by atoms with Crippen LogP contribution in [0.1, 0.15) is 37.4 Å². The number of hydrogen-bond donors (Lipinski definition) is 3. The number of nitrogens with one attached hydrogen (secondary N) is 2. The van der Waals surface area contributed by atoms with Gasteiger partial charge in [-0.05, 0) is 61.7 Å². The molecule has 3 aromatic rings. The topological polar surface area (TPSA) is 131 Å². The van der Waals surface area contributed by atoms with E-state index < -0.39 is 13.7 Å². The van der Waals surface area contributed by atoms with E-state index in [9.17, 15) is 14.7 Å². The molecule has 0 saturated carbocycles. The number of rotatable bonds is 10. The Bertz CT molecular complexity index is 1560. The molecule has 2 saturated heterocycles. The van der Waals surface area contributed by atoms with E-state index in [4.69, 9.17) is 9.47 Å². The monoisotopic (exact) mass is 632 g/mol. The summed E-state index contributed by atoms with van der Waals surface area (Å²) < 4.78 is 14.4. The maximum absolute atomic E-state index is 14.4. The number of hydrogen-bond acceptors (Lipinski definition) is 8. The van der Waals surface area contributed by atoms with Crippen molar-refractivity contribution in [3.8, 4) is 5.75 Å². The van der Waals surface area contributed by atoms with Crippen LogP contribution in [0.2, 0.25) is 18.6 Å². The second kappa shape index (κ2) is 12.3. The summed E-state index contributed by atoms with van der Waals surface area (Å²) in [5, 5.41) is 25.4. The van der Waals surface area contributed by atoms with Crippen LogP contribution in [-0.2, 0) is 32.9 Å². The van der Waals surface area contributed by atoms with E-state index in [0.717, 1.165) is 42.1 Å². The number of carbonyl (C=O) groups excluding carboxylic acids is 2.